The Morgan fingerprint density at radius 2 is 1.76 bits per heavy atom. The van der Waals surface area contributed by atoms with Gasteiger partial charge in [0.15, 0.2) is 5.96 Å². The maximum absolute atomic E-state index is 12.3. The van der Waals surface area contributed by atoms with Gasteiger partial charge in [-0.2, -0.15) is 0 Å². The molecule has 0 bridgehead atoms. The van der Waals surface area contributed by atoms with E-state index < -0.39 is 54.3 Å². The van der Waals surface area contributed by atoms with Crippen LogP contribution >= 0.6 is 0 Å². The molecule has 5 N–H and O–H groups in total. The maximum Gasteiger partial charge on any atom is 0.417 e. The maximum atomic E-state index is 12.3. The van der Waals surface area contributed by atoms with Gasteiger partial charge in [-0.3, -0.25) is 19.7 Å². The highest BCUT2D eigenvalue weighted by molar-refractivity contribution is 5.93. The number of guanidine groups is 1. The van der Waals surface area contributed by atoms with Crippen LogP contribution in [0.15, 0.2) is 4.99 Å². The largest absolute Gasteiger partial charge is 0.469 e. The first-order valence-electron chi connectivity index (χ1n) is 11.0. The standard InChI is InChI=1S/C21H36N4O8/c1-7-13(8-2)17(23-10(3)26)16-15(9-14(18(16)28)19(29)31-6)24-20(22)25-21(30)33-12(5)32-11(4)27/h12-18,28H,7-9H2,1-6H3,(H,23,26)(H3,22,24,25,30)/t12?,14-,15+,16+,17?,18+/m0/s1. The number of alkyl carbamates (subject to hydrolysis) is 1. The number of esters is 2. The number of nitrogens with two attached hydrogens (primary N) is 1. The Morgan fingerprint density at radius 1 is 1.15 bits per heavy atom. The molecule has 1 aliphatic carbocycles. The molecule has 12 nitrogen and oxygen atoms in total. The fourth-order valence-corrected chi connectivity index (χ4v) is 4.34. The summed E-state index contributed by atoms with van der Waals surface area (Å²) in [5.41, 5.74) is 5.88. The molecule has 1 aliphatic rings. The Kier molecular flexibility index (Phi) is 11.1. The van der Waals surface area contributed by atoms with E-state index in [0.29, 0.717) is 0 Å². The van der Waals surface area contributed by atoms with Crippen molar-refractivity contribution in [3.05, 3.63) is 0 Å². The normalized spacial score (nSPS) is 24.5. The molecule has 2 amide bonds. The Bertz CT molecular complexity index is 740. The van der Waals surface area contributed by atoms with Crippen LogP contribution in [0.4, 0.5) is 4.79 Å². The van der Waals surface area contributed by atoms with Gasteiger partial charge in [-0.05, 0) is 12.3 Å². The second-order valence-electron chi connectivity index (χ2n) is 8.03. The predicted octanol–water partition coefficient (Wildman–Crippen LogP) is 0.416. The van der Waals surface area contributed by atoms with Gasteiger partial charge in [0.2, 0.25) is 12.2 Å². The third-order valence-electron chi connectivity index (χ3n) is 5.73. The summed E-state index contributed by atoms with van der Waals surface area (Å²) in [7, 11) is 1.23. The van der Waals surface area contributed by atoms with Crippen molar-refractivity contribution in [2.24, 2.45) is 28.5 Å². The van der Waals surface area contributed by atoms with Crippen molar-refractivity contribution in [1.29, 1.82) is 0 Å². The zero-order valence-electron chi connectivity index (χ0n) is 20.0. The number of aliphatic hydroxyl groups is 1. The first kappa shape index (κ1) is 28.1. The molecule has 1 saturated carbocycles. The fraction of sp³-hybridized carbons (Fsp3) is 0.762. The van der Waals surface area contributed by atoms with E-state index in [1.165, 1.54) is 27.9 Å². The molecule has 0 aromatic heterocycles. The predicted molar refractivity (Wildman–Crippen MR) is 118 cm³/mol. The molecule has 188 valence electrons. The fourth-order valence-electron chi connectivity index (χ4n) is 4.34. The van der Waals surface area contributed by atoms with Gasteiger partial charge < -0.3 is 30.4 Å². The highest BCUT2D eigenvalue weighted by atomic mass is 16.7. The minimum absolute atomic E-state index is 0.00590. The molecule has 0 aromatic rings. The van der Waals surface area contributed by atoms with Crippen molar-refractivity contribution in [3.8, 4) is 0 Å². The molecule has 1 rings (SSSR count). The minimum Gasteiger partial charge on any atom is -0.469 e. The first-order chi connectivity index (χ1) is 15.4. The van der Waals surface area contributed by atoms with E-state index in [2.05, 4.69) is 15.6 Å². The molecule has 0 aromatic carbocycles. The van der Waals surface area contributed by atoms with Gasteiger partial charge in [-0.25, -0.2) is 9.79 Å². The van der Waals surface area contributed by atoms with Crippen molar-refractivity contribution >= 4 is 29.9 Å². The van der Waals surface area contributed by atoms with Crippen LogP contribution in [0.2, 0.25) is 0 Å². The summed E-state index contributed by atoms with van der Waals surface area (Å²) in [5, 5.41) is 16.1. The first-order valence-corrected chi connectivity index (χ1v) is 11.0. The van der Waals surface area contributed by atoms with E-state index in [-0.39, 0.29) is 24.2 Å². The van der Waals surface area contributed by atoms with Crippen LogP contribution in [-0.4, -0.2) is 66.6 Å². The molecule has 0 saturated heterocycles. The number of hydrogen-bond donors (Lipinski definition) is 4. The second-order valence-corrected chi connectivity index (χ2v) is 8.03. The van der Waals surface area contributed by atoms with E-state index >= 15 is 0 Å². The van der Waals surface area contributed by atoms with Crippen molar-refractivity contribution in [1.82, 2.24) is 10.6 Å². The molecular weight excluding hydrogens is 436 g/mol. The quantitative estimate of drug-likeness (QED) is 0.160. The van der Waals surface area contributed by atoms with Gasteiger partial charge in [0.05, 0.1) is 25.2 Å². The zero-order chi connectivity index (χ0) is 25.3. The van der Waals surface area contributed by atoms with Gasteiger partial charge in [0, 0.05) is 32.7 Å². The van der Waals surface area contributed by atoms with Crippen molar-refractivity contribution < 1.29 is 38.5 Å². The lowest BCUT2D eigenvalue weighted by Gasteiger charge is -2.35. The highest BCUT2D eigenvalue weighted by Gasteiger charge is 2.51. The highest BCUT2D eigenvalue weighted by Crippen LogP contribution is 2.40. The number of carbonyl (C=O) groups is 4. The second kappa shape index (κ2) is 13.0. The summed E-state index contributed by atoms with van der Waals surface area (Å²) in [6, 6.07) is -1.19. The molecule has 6 atom stereocenters. The number of methoxy groups -OCH3 is 1. The SMILES string of the molecule is CCC(CC)C(NC(C)=O)[C@@H]1[C@H](O)[C@@H](C(=O)OC)C[C@H]1N=C(N)NC(=O)OC(C)OC(C)=O. The summed E-state index contributed by atoms with van der Waals surface area (Å²) in [6.45, 7) is 7.84. The molecule has 0 spiro atoms. The topological polar surface area (TPSA) is 179 Å². The average molecular weight is 473 g/mol. The van der Waals surface area contributed by atoms with Gasteiger partial charge >= 0.3 is 18.0 Å². The lowest BCUT2D eigenvalue weighted by molar-refractivity contribution is -0.161. The van der Waals surface area contributed by atoms with Crippen LogP contribution < -0.4 is 16.4 Å². The van der Waals surface area contributed by atoms with Gasteiger partial charge in [-0.15, -0.1) is 0 Å². The minimum atomic E-state index is -1.15. The number of aliphatic imine (C=N–C) groups is 1. The molecule has 33 heavy (non-hydrogen) atoms. The summed E-state index contributed by atoms with van der Waals surface area (Å²) in [6.07, 6.45) is -1.74. The van der Waals surface area contributed by atoms with Gasteiger partial charge in [0.1, 0.15) is 0 Å². The van der Waals surface area contributed by atoms with Crippen LogP contribution in [-0.2, 0) is 28.6 Å². The molecule has 0 aliphatic heterocycles. The third kappa shape index (κ3) is 8.19. The van der Waals surface area contributed by atoms with Crippen molar-refractivity contribution in [3.63, 3.8) is 0 Å². The van der Waals surface area contributed by atoms with Crippen LogP contribution in [0.25, 0.3) is 0 Å². The van der Waals surface area contributed by atoms with E-state index in [0.717, 1.165) is 12.8 Å². The number of nitrogens with one attached hydrogen (secondary N) is 2. The molecule has 12 heteroatoms. The van der Waals surface area contributed by atoms with E-state index in [4.69, 9.17) is 19.9 Å². The number of rotatable bonds is 9. The number of amides is 2. The monoisotopic (exact) mass is 472 g/mol. The number of aliphatic hydroxyl groups excluding tert-OH is 1. The summed E-state index contributed by atoms with van der Waals surface area (Å²) >= 11 is 0. The van der Waals surface area contributed by atoms with E-state index in [1.54, 1.807) is 0 Å². The number of nitrogens with zero attached hydrogens (tertiary/aromatic N) is 1. The van der Waals surface area contributed by atoms with Crippen LogP contribution in [0, 0.1) is 17.8 Å². The lowest BCUT2D eigenvalue weighted by Crippen LogP contribution is -2.51. The number of carbonyl (C=O) groups excluding carboxylic acids is 4. The molecule has 2 unspecified atom stereocenters. The number of ether oxygens (including phenoxy) is 3. The van der Waals surface area contributed by atoms with Crippen molar-refractivity contribution in [2.45, 2.75) is 78.4 Å². The van der Waals surface area contributed by atoms with E-state index in [9.17, 15) is 24.3 Å². The Labute approximate surface area is 193 Å². The third-order valence-corrected chi connectivity index (χ3v) is 5.73. The van der Waals surface area contributed by atoms with E-state index in [1.807, 2.05) is 13.8 Å². The average Bonchev–Trinajstić information content (AvgIpc) is 3.01. The van der Waals surface area contributed by atoms with Crippen LogP contribution in [0.5, 0.6) is 0 Å². The summed E-state index contributed by atoms with van der Waals surface area (Å²) in [5.74, 6) is -3.34. The summed E-state index contributed by atoms with van der Waals surface area (Å²) < 4.78 is 14.4. The molecule has 0 heterocycles. The zero-order valence-corrected chi connectivity index (χ0v) is 20.0. The van der Waals surface area contributed by atoms with Crippen LogP contribution in [0.3, 0.4) is 0 Å². The lowest BCUT2D eigenvalue weighted by atomic mass is 9.80. The van der Waals surface area contributed by atoms with Crippen molar-refractivity contribution in [2.75, 3.05) is 7.11 Å². The molecule has 0 radical (unpaired) electrons. The number of hydrogen-bond acceptors (Lipinski definition) is 9. The molecular formula is C21H36N4O8. The van der Waals surface area contributed by atoms with Crippen LogP contribution in [0.1, 0.15) is 53.9 Å². The van der Waals surface area contributed by atoms with Gasteiger partial charge in [-0.1, -0.05) is 26.7 Å². The molecule has 1 fully saturated rings. The Balaban J connectivity index is 3.18. The Hall–Kier alpha value is -2.89. The van der Waals surface area contributed by atoms with Gasteiger partial charge in [0.25, 0.3) is 0 Å². The smallest absolute Gasteiger partial charge is 0.417 e. The summed E-state index contributed by atoms with van der Waals surface area (Å²) in [4.78, 5) is 51.4. The Morgan fingerprint density at radius 3 is 2.24 bits per heavy atom.